The standard InChI is InChI=1S/C11H19N5O2/c1-2-3-10-15-8(12)6-11(16-10)14-4-5-18-7-9(13)17/h6H,2-5,7H2,1H3,(H2,13,17)(H3,12,14,15,16). The van der Waals surface area contributed by atoms with Gasteiger partial charge in [-0.3, -0.25) is 4.79 Å². The van der Waals surface area contributed by atoms with E-state index in [0.717, 1.165) is 18.7 Å². The molecule has 5 N–H and O–H groups in total. The Morgan fingerprint density at radius 2 is 2.28 bits per heavy atom. The summed E-state index contributed by atoms with van der Waals surface area (Å²) in [6.45, 7) is 2.87. The Kier molecular flexibility index (Phi) is 5.86. The number of nitrogens with two attached hydrogens (primary N) is 2. The number of primary amides is 1. The van der Waals surface area contributed by atoms with Crippen molar-refractivity contribution >= 4 is 17.5 Å². The molecule has 0 radical (unpaired) electrons. The Hall–Kier alpha value is -1.89. The van der Waals surface area contributed by atoms with E-state index in [-0.39, 0.29) is 6.61 Å². The van der Waals surface area contributed by atoms with E-state index in [9.17, 15) is 4.79 Å². The van der Waals surface area contributed by atoms with Crippen molar-refractivity contribution in [3.63, 3.8) is 0 Å². The fourth-order valence-electron chi connectivity index (χ4n) is 1.37. The minimum absolute atomic E-state index is 0.0747. The number of aryl methyl sites for hydroxylation is 1. The van der Waals surface area contributed by atoms with Gasteiger partial charge in [-0.25, -0.2) is 9.97 Å². The molecule has 0 fully saturated rings. The van der Waals surface area contributed by atoms with Crippen LogP contribution < -0.4 is 16.8 Å². The second kappa shape index (κ2) is 7.44. The molecule has 100 valence electrons. The Morgan fingerprint density at radius 1 is 1.50 bits per heavy atom. The van der Waals surface area contributed by atoms with Crippen molar-refractivity contribution in [2.75, 3.05) is 30.8 Å². The summed E-state index contributed by atoms with van der Waals surface area (Å²) in [6, 6.07) is 1.66. The molecule has 1 heterocycles. The summed E-state index contributed by atoms with van der Waals surface area (Å²) in [6.07, 6.45) is 1.75. The van der Waals surface area contributed by atoms with Gasteiger partial charge in [0.05, 0.1) is 6.61 Å². The lowest BCUT2D eigenvalue weighted by Crippen LogP contribution is -2.20. The monoisotopic (exact) mass is 253 g/mol. The van der Waals surface area contributed by atoms with Crippen LogP contribution in [0.3, 0.4) is 0 Å². The van der Waals surface area contributed by atoms with Crippen LogP contribution in [0.15, 0.2) is 6.07 Å². The summed E-state index contributed by atoms with van der Waals surface area (Å²) in [5, 5.41) is 3.05. The molecular weight excluding hydrogens is 234 g/mol. The Bertz CT molecular complexity index is 397. The van der Waals surface area contributed by atoms with E-state index in [1.165, 1.54) is 0 Å². The van der Waals surface area contributed by atoms with Crippen LogP contribution in [-0.2, 0) is 16.0 Å². The van der Waals surface area contributed by atoms with Crippen molar-refractivity contribution < 1.29 is 9.53 Å². The molecular formula is C11H19N5O2. The highest BCUT2D eigenvalue weighted by atomic mass is 16.5. The number of carbonyl (C=O) groups excluding carboxylic acids is 1. The zero-order valence-corrected chi connectivity index (χ0v) is 10.5. The molecule has 0 bridgehead atoms. The number of nitrogen functional groups attached to an aromatic ring is 1. The van der Waals surface area contributed by atoms with Gasteiger partial charge in [-0.15, -0.1) is 0 Å². The first-order valence-corrected chi connectivity index (χ1v) is 5.85. The first-order valence-electron chi connectivity index (χ1n) is 5.85. The van der Waals surface area contributed by atoms with Gasteiger partial charge >= 0.3 is 0 Å². The van der Waals surface area contributed by atoms with E-state index in [2.05, 4.69) is 22.2 Å². The normalized spacial score (nSPS) is 10.3. The van der Waals surface area contributed by atoms with Crippen molar-refractivity contribution in [2.45, 2.75) is 19.8 Å². The molecule has 0 saturated heterocycles. The number of aromatic nitrogens is 2. The number of nitrogens with zero attached hydrogens (tertiary/aromatic N) is 2. The van der Waals surface area contributed by atoms with Crippen molar-refractivity contribution in [3.05, 3.63) is 11.9 Å². The van der Waals surface area contributed by atoms with Crippen molar-refractivity contribution in [2.24, 2.45) is 5.73 Å². The van der Waals surface area contributed by atoms with Crippen LogP contribution >= 0.6 is 0 Å². The highest BCUT2D eigenvalue weighted by Crippen LogP contribution is 2.09. The molecule has 7 nitrogen and oxygen atoms in total. The van der Waals surface area contributed by atoms with Gasteiger partial charge in [0, 0.05) is 19.0 Å². The molecule has 1 aromatic heterocycles. The first-order chi connectivity index (χ1) is 8.61. The Balaban J connectivity index is 2.39. The number of hydrogen-bond acceptors (Lipinski definition) is 6. The summed E-state index contributed by atoms with van der Waals surface area (Å²) >= 11 is 0. The lowest BCUT2D eigenvalue weighted by atomic mass is 10.3. The maximum absolute atomic E-state index is 10.4. The average Bonchev–Trinajstić information content (AvgIpc) is 2.28. The van der Waals surface area contributed by atoms with Crippen LogP contribution in [0.5, 0.6) is 0 Å². The number of ether oxygens (including phenoxy) is 1. The molecule has 0 aliphatic rings. The van der Waals surface area contributed by atoms with Gasteiger partial charge in [-0.05, 0) is 6.42 Å². The SMILES string of the molecule is CCCc1nc(N)cc(NCCOCC(N)=O)n1. The largest absolute Gasteiger partial charge is 0.384 e. The predicted octanol–water partition coefficient (Wildman–Crippen LogP) is -0.0749. The number of nitrogens with one attached hydrogen (secondary N) is 1. The fraction of sp³-hybridized carbons (Fsp3) is 0.545. The van der Waals surface area contributed by atoms with E-state index in [4.69, 9.17) is 16.2 Å². The lowest BCUT2D eigenvalue weighted by molar-refractivity contribution is -0.122. The molecule has 0 aliphatic carbocycles. The smallest absolute Gasteiger partial charge is 0.243 e. The predicted molar refractivity (Wildman–Crippen MR) is 68.9 cm³/mol. The van der Waals surface area contributed by atoms with Crippen LogP contribution in [0.2, 0.25) is 0 Å². The molecule has 0 aliphatic heterocycles. The molecule has 0 saturated carbocycles. The maximum atomic E-state index is 10.4. The van der Waals surface area contributed by atoms with Crippen molar-refractivity contribution in [1.29, 1.82) is 0 Å². The second-order valence-electron chi connectivity index (χ2n) is 3.79. The number of rotatable bonds is 8. The lowest BCUT2D eigenvalue weighted by Gasteiger charge is -2.08. The number of carbonyl (C=O) groups is 1. The highest BCUT2D eigenvalue weighted by molar-refractivity contribution is 5.74. The first kappa shape index (κ1) is 14.2. The minimum Gasteiger partial charge on any atom is -0.384 e. The molecule has 0 unspecified atom stereocenters. The van der Waals surface area contributed by atoms with Gasteiger partial charge in [0.1, 0.15) is 24.1 Å². The van der Waals surface area contributed by atoms with Crippen molar-refractivity contribution in [3.8, 4) is 0 Å². The summed E-state index contributed by atoms with van der Waals surface area (Å²) in [5.41, 5.74) is 10.6. The van der Waals surface area contributed by atoms with Gasteiger partial charge < -0.3 is 21.5 Å². The van der Waals surface area contributed by atoms with E-state index in [0.29, 0.717) is 24.8 Å². The van der Waals surface area contributed by atoms with Gasteiger partial charge in [0.25, 0.3) is 0 Å². The summed E-state index contributed by atoms with van der Waals surface area (Å²) in [7, 11) is 0. The number of amides is 1. The van der Waals surface area contributed by atoms with E-state index in [1.807, 2.05) is 0 Å². The van der Waals surface area contributed by atoms with Crippen LogP contribution in [0.1, 0.15) is 19.2 Å². The highest BCUT2D eigenvalue weighted by Gasteiger charge is 2.01. The third kappa shape index (κ3) is 5.44. The summed E-state index contributed by atoms with van der Waals surface area (Å²) in [5.74, 6) is 1.34. The van der Waals surface area contributed by atoms with Gasteiger partial charge in [-0.2, -0.15) is 0 Å². The quantitative estimate of drug-likeness (QED) is 0.558. The van der Waals surface area contributed by atoms with Gasteiger partial charge in [0.15, 0.2) is 0 Å². The molecule has 0 spiro atoms. The fourth-order valence-corrected chi connectivity index (χ4v) is 1.37. The topological polar surface area (TPSA) is 116 Å². The second-order valence-corrected chi connectivity index (χ2v) is 3.79. The van der Waals surface area contributed by atoms with Crippen molar-refractivity contribution in [1.82, 2.24) is 9.97 Å². The minimum atomic E-state index is -0.480. The molecule has 1 rings (SSSR count). The van der Waals surface area contributed by atoms with Crippen LogP contribution in [0, 0.1) is 0 Å². The number of hydrogen-bond donors (Lipinski definition) is 3. The van der Waals surface area contributed by atoms with Crippen LogP contribution in [0.4, 0.5) is 11.6 Å². The molecule has 1 amide bonds. The summed E-state index contributed by atoms with van der Waals surface area (Å²) in [4.78, 5) is 18.9. The van der Waals surface area contributed by atoms with Crippen LogP contribution in [0.25, 0.3) is 0 Å². The van der Waals surface area contributed by atoms with Gasteiger partial charge in [-0.1, -0.05) is 6.92 Å². The molecule has 0 aromatic carbocycles. The molecule has 0 atom stereocenters. The van der Waals surface area contributed by atoms with E-state index in [1.54, 1.807) is 6.07 Å². The average molecular weight is 253 g/mol. The molecule has 7 heteroatoms. The zero-order chi connectivity index (χ0) is 13.4. The van der Waals surface area contributed by atoms with E-state index < -0.39 is 5.91 Å². The number of anilines is 2. The molecule has 18 heavy (non-hydrogen) atoms. The Morgan fingerprint density at radius 3 is 2.94 bits per heavy atom. The van der Waals surface area contributed by atoms with E-state index >= 15 is 0 Å². The van der Waals surface area contributed by atoms with Gasteiger partial charge in [0.2, 0.25) is 5.91 Å². The summed E-state index contributed by atoms with van der Waals surface area (Å²) < 4.78 is 5.01. The zero-order valence-electron chi connectivity index (χ0n) is 10.5. The maximum Gasteiger partial charge on any atom is 0.243 e. The molecule has 1 aromatic rings. The Labute approximate surface area is 106 Å². The third-order valence-electron chi connectivity index (χ3n) is 2.06. The third-order valence-corrected chi connectivity index (χ3v) is 2.06. The van der Waals surface area contributed by atoms with Crippen LogP contribution in [-0.4, -0.2) is 35.6 Å².